The van der Waals surface area contributed by atoms with Crippen molar-refractivity contribution >= 4 is 29.5 Å². The van der Waals surface area contributed by atoms with Gasteiger partial charge in [0, 0.05) is 17.7 Å². The van der Waals surface area contributed by atoms with Gasteiger partial charge in [-0.2, -0.15) is 0 Å². The summed E-state index contributed by atoms with van der Waals surface area (Å²) in [4.78, 5) is 3.84. The molecule has 0 bridgehead atoms. The summed E-state index contributed by atoms with van der Waals surface area (Å²) in [6.07, 6.45) is 0.858. The lowest BCUT2D eigenvalue weighted by Gasteiger charge is -2.26. The summed E-state index contributed by atoms with van der Waals surface area (Å²) in [6, 6.07) is 18.4. The molecule has 3 rings (SSSR count). The quantitative estimate of drug-likeness (QED) is 0.237. The van der Waals surface area contributed by atoms with Crippen molar-refractivity contribution in [3.63, 3.8) is 0 Å². The molecule has 3 aromatic carbocycles. The molecule has 150 valence electrons. The third-order valence-corrected chi connectivity index (χ3v) is 4.71. The molecule has 0 fully saturated rings. The fourth-order valence-corrected chi connectivity index (χ4v) is 3.03. The molecule has 0 amide bonds. The Morgan fingerprint density at radius 1 is 0.828 bits per heavy atom. The van der Waals surface area contributed by atoms with E-state index in [9.17, 15) is 0 Å². The number of aryl methyl sites for hydroxylation is 1. The number of rotatable bonds is 7. The first-order valence-corrected chi connectivity index (χ1v) is 9.15. The van der Waals surface area contributed by atoms with Gasteiger partial charge in [-0.05, 0) is 60.7 Å². The van der Waals surface area contributed by atoms with Gasteiger partial charge in [0.2, 0.25) is 5.85 Å². The molecule has 0 aliphatic heterocycles. The van der Waals surface area contributed by atoms with Crippen LogP contribution in [0, 0.1) is 0 Å². The van der Waals surface area contributed by atoms with E-state index in [1.807, 2.05) is 36.4 Å². The number of benzene rings is 3. The lowest BCUT2D eigenvalue weighted by Crippen LogP contribution is -2.55. The average Bonchev–Trinajstić information content (AvgIpc) is 2.70. The maximum absolute atomic E-state index is 6.28. The molecule has 0 saturated heterocycles. The van der Waals surface area contributed by atoms with Crippen molar-refractivity contribution in [3.05, 3.63) is 66.2 Å². The van der Waals surface area contributed by atoms with Gasteiger partial charge < -0.3 is 21.9 Å². The molecule has 0 saturated carbocycles. The highest BCUT2D eigenvalue weighted by Gasteiger charge is 2.22. The van der Waals surface area contributed by atoms with Crippen LogP contribution in [-0.2, 0) is 6.42 Å². The van der Waals surface area contributed by atoms with E-state index in [4.69, 9.17) is 33.4 Å². The molecule has 0 aliphatic rings. The molecule has 7 nitrogen and oxygen atoms in total. The highest BCUT2D eigenvalue weighted by atomic mass is 16.5. The Labute approximate surface area is 170 Å². The van der Waals surface area contributed by atoms with Gasteiger partial charge in [0.15, 0.2) is 0 Å². The van der Waals surface area contributed by atoms with Crippen molar-refractivity contribution in [2.75, 3.05) is 17.2 Å². The van der Waals surface area contributed by atoms with Crippen LogP contribution in [0.15, 0.2) is 65.7 Å². The number of nitrogens with zero attached hydrogens (tertiary/aromatic N) is 1. The number of hydrogen-bond donors (Lipinski definition) is 5. The molecule has 3 aromatic rings. The number of nitrogens with two attached hydrogens (primary N) is 5. The number of ether oxygens (including phenoxy) is 1. The number of nitrogen functional groups attached to an aromatic ring is 3. The third-order valence-electron chi connectivity index (χ3n) is 4.71. The molecule has 0 spiro atoms. The SMILES string of the molecule is C=Nc1ccc(OC(N)(N)CCc2ccc(-c3ccc(N)cc3)c(N)c2N)cc1. The van der Waals surface area contributed by atoms with Gasteiger partial charge in [0.25, 0.3) is 0 Å². The van der Waals surface area contributed by atoms with E-state index in [1.165, 1.54) is 0 Å². The fraction of sp³-hybridized carbons (Fsp3) is 0.136. The maximum atomic E-state index is 6.28. The summed E-state index contributed by atoms with van der Waals surface area (Å²) < 4.78 is 5.71. The average molecular weight is 390 g/mol. The van der Waals surface area contributed by atoms with Crippen molar-refractivity contribution in [2.24, 2.45) is 16.5 Å². The van der Waals surface area contributed by atoms with E-state index in [0.29, 0.717) is 35.7 Å². The van der Waals surface area contributed by atoms with Gasteiger partial charge in [-0.15, -0.1) is 0 Å². The number of hydrogen-bond acceptors (Lipinski definition) is 7. The number of anilines is 3. The van der Waals surface area contributed by atoms with E-state index in [-0.39, 0.29) is 0 Å². The highest BCUT2D eigenvalue weighted by Crippen LogP contribution is 2.34. The smallest absolute Gasteiger partial charge is 0.213 e. The molecule has 0 atom stereocenters. The monoisotopic (exact) mass is 390 g/mol. The zero-order valence-electron chi connectivity index (χ0n) is 16.1. The second kappa shape index (κ2) is 8.22. The van der Waals surface area contributed by atoms with Gasteiger partial charge >= 0.3 is 0 Å². The van der Waals surface area contributed by atoms with Crippen LogP contribution >= 0.6 is 0 Å². The van der Waals surface area contributed by atoms with Crippen LogP contribution in [0.4, 0.5) is 22.7 Å². The Kier molecular flexibility index (Phi) is 5.72. The number of aliphatic imine (C=N–C) groups is 1. The Morgan fingerprint density at radius 3 is 2.10 bits per heavy atom. The third kappa shape index (κ3) is 4.84. The van der Waals surface area contributed by atoms with Gasteiger partial charge in [-0.25, -0.2) is 0 Å². The Bertz CT molecular complexity index is 997. The molecule has 29 heavy (non-hydrogen) atoms. The van der Waals surface area contributed by atoms with Gasteiger partial charge in [0.1, 0.15) is 5.75 Å². The van der Waals surface area contributed by atoms with Gasteiger partial charge in [-0.3, -0.25) is 16.5 Å². The molecule has 10 N–H and O–H groups in total. The Morgan fingerprint density at radius 2 is 1.48 bits per heavy atom. The molecular formula is C22H26N6O. The van der Waals surface area contributed by atoms with Crippen LogP contribution in [0.25, 0.3) is 11.1 Å². The molecule has 0 unspecified atom stereocenters. The summed E-state index contributed by atoms with van der Waals surface area (Å²) >= 11 is 0. The summed E-state index contributed by atoms with van der Waals surface area (Å²) in [5.41, 5.74) is 35.7. The first-order valence-electron chi connectivity index (χ1n) is 9.15. The van der Waals surface area contributed by atoms with Crippen molar-refractivity contribution in [3.8, 4) is 16.9 Å². The standard InChI is InChI=1S/C22H26N6O/c1-28-17-7-9-18(10-8-17)29-22(26,27)13-12-15-4-11-19(21(25)20(15)24)14-2-5-16(23)6-3-14/h2-11H,1,12-13,23-27H2. The maximum Gasteiger partial charge on any atom is 0.213 e. The van der Waals surface area contributed by atoms with E-state index < -0.39 is 5.85 Å². The molecular weight excluding hydrogens is 364 g/mol. The Balaban J connectivity index is 1.71. The van der Waals surface area contributed by atoms with Crippen LogP contribution in [0.2, 0.25) is 0 Å². The summed E-state index contributed by atoms with van der Waals surface area (Å²) in [5.74, 6) is -0.812. The first kappa shape index (κ1) is 20.2. The van der Waals surface area contributed by atoms with E-state index in [0.717, 1.165) is 22.4 Å². The fourth-order valence-electron chi connectivity index (χ4n) is 3.03. The zero-order chi connectivity index (χ0) is 21.0. The molecule has 0 aliphatic carbocycles. The second-order valence-electron chi connectivity index (χ2n) is 6.93. The van der Waals surface area contributed by atoms with Crippen LogP contribution in [0.1, 0.15) is 12.0 Å². The summed E-state index contributed by atoms with van der Waals surface area (Å²) in [7, 11) is 0. The second-order valence-corrected chi connectivity index (χ2v) is 6.93. The predicted octanol–water partition coefficient (Wildman–Crippen LogP) is 3.02. The van der Waals surface area contributed by atoms with Crippen molar-refractivity contribution < 1.29 is 4.74 Å². The van der Waals surface area contributed by atoms with Crippen molar-refractivity contribution in [2.45, 2.75) is 18.7 Å². The van der Waals surface area contributed by atoms with Crippen LogP contribution in [0.5, 0.6) is 5.75 Å². The molecule has 0 heterocycles. The largest absolute Gasteiger partial charge is 0.460 e. The molecule has 0 radical (unpaired) electrons. The highest BCUT2D eigenvalue weighted by molar-refractivity contribution is 5.86. The van der Waals surface area contributed by atoms with E-state index >= 15 is 0 Å². The minimum Gasteiger partial charge on any atom is -0.460 e. The lowest BCUT2D eigenvalue weighted by molar-refractivity contribution is 0.0734. The van der Waals surface area contributed by atoms with Crippen molar-refractivity contribution in [1.29, 1.82) is 0 Å². The first-order chi connectivity index (χ1) is 13.8. The topological polar surface area (TPSA) is 152 Å². The minimum atomic E-state index is -1.36. The normalized spacial score (nSPS) is 11.2. The molecule has 7 heteroatoms. The summed E-state index contributed by atoms with van der Waals surface area (Å²) in [6.45, 7) is 3.47. The van der Waals surface area contributed by atoms with Gasteiger partial charge in [0.05, 0.1) is 17.1 Å². The summed E-state index contributed by atoms with van der Waals surface area (Å²) in [5, 5.41) is 0. The minimum absolute atomic E-state index is 0.347. The zero-order valence-corrected chi connectivity index (χ0v) is 16.1. The van der Waals surface area contributed by atoms with Crippen molar-refractivity contribution in [1.82, 2.24) is 0 Å². The van der Waals surface area contributed by atoms with Gasteiger partial charge in [-0.1, -0.05) is 24.3 Å². The van der Waals surface area contributed by atoms with Crippen LogP contribution < -0.4 is 33.4 Å². The molecule has 0 aromatic heterocycles. The van der Waals surface area contributed by atoms with E-state index in [2.05, 4.69) is 11.7 Å². The predicted molar refractivity (Wildman–Crippen MR) is 121 cm³/mol. The Hall–Kier alpha value is -3.55. The van der Waals surface area contributed by atoms with Crippen LogP contribution in [0.3, 0.4) is 0 Å². The van der Waals surface area contributed by atoms with Crippen LogP contribution in [-0.4, -0.2) is 12.6 Å². The lowest BCUT2D eigenvalue weighted by atomic mass is 9.97. The van der Waals surface area contributed by atoms with E-state index in [1.54, 1.807) is 24.3 Å².